The summed E-state index contributed by atoms with van der Waals surface area (Å²) < 4.78 is 5.12. The molecule has 6 unspecified atom stereocenters. The van der Waals surface area contributed by atoms with E-state index in [0.29, 0.717) is 40.9 Å². The molecule has 0 aromatic heterocycles. The van der Waals surface area contributed by atoms with Crippen LogP contribution in [0.5, 0.6) is 0 Å². The van der Waals surface area contributed by atoms with Crippen LogP contribution in [-0.4, -0.2) is 30.3 Å². The summed E-state index contributed by atoms with van der Waals surface area (Å²) in [6.07, 6.45) is 6.15. The molecule has 6 atom stereocenters. The van der Waals surface area contributed by atoms with Gasteiger partial charge in [-0.3, -0.25) is 14.4 Å². The minimum absolute atomic E-state index is 0.146. The third-order valence-corrected chi connectivity index (χ3v) is 7.85. The van der Waals surface area contributed by atoms with Crippen molar-refractivity contribution in [2.24, 2.45) is 35.5 Å². The van der Waals surface area contributed by atoms with Crippen molar-refractivity contribution in [3.05, 3.63) is 71.8 Å². The average Bonchev–Trinajstić information content (AvgIpc) is 3.66. The Bertz CT molecular complexity index is 1230. The minimum Gasteiger partial charge on any atom is -0.462 e. The monoisotopic (exact) mass is 470 g/mol. The molecule has 3 amide bonds. The van der Waals surface area contributed by atoms with Crippen molar-refractivity contribution in [1.82, 2.24) is 0 Å². The van der Waals surface area contributed by atoms with Gasteiger partial charge in [-0.15, -0.1) is 0 Å². The normalized spacial score (nSPS) is 29.6. The molecular weight excluding hydrogens is 444 g/mol. The van der Waals surface area contributed by atoms with Gasteiger partial charge in [-0.1, -0.05) is 25.1 Å². The fraction of sp³-hybridized carbons (Fsp3) is 0.357. The number of hydrogen-bond acceptors (Lipinski definition) is 5. The first-order chi connectivity index (χ1) is 17.0. The molecule has 1 heterocycles. The van der Waals surface area contributed by atoms with E-state index in [1.807, 2.05) is 6.92 Å². The number of esters is 1. The molecule has 2 aromatic rings. The number of benzene rings is 2. The first kappa shape index (κ1) is 21.8. The van der Waals surface area contributed by atoms with Crippen molar-refractivity contribution in [3.8, 4) is 0 Å². The fourth-order valence-electron chi connectivity index (χ4n) is 6.17. The minimum atomic E-state index is -0.404. The van der Waals surface area contributed by atoms with Crippen LogP contribution in [0, 0.1) is 35.5 Å². The third kappa shape index (κ3) is 3.49. The zero-order valence-electron chi connectivity index (χ0n) is 19.3. The van der Waals surface area contributed by atoms with Crippen molar-refractivity contribution >= 4 is 35.1 Å². The topological polar surface area (TPSA) is 92.8 Å². The number of allylic oxidation sites excluding steroid dienone is 2. The molecule has 1 aliphatic heterocycles. The lowest BCUT2D eigenvalue weighted by Crippen LogP contribution is -2.40. The highest BCUT2D eigenvalue weighted by Gasteiger charge is 2.67. The second-order valence-electron chi connectivity index (χ2n) is 9.88. The lowest BCUT2D eigenvalue weighted by atomic mass is 9.63. The van der Waals surface area contributed by atoms with Gasteiger partial charge in [-0.2, -0.15) is 0 Å². The highest BCUT2D eigenvalue weighted by atomic mass is 16.5. The molecule has 0 radical (unpaired) electrons. The van der Waals surface area contributed by atoms with Gasteiger partial charge < -0.3 is 10.1 Å². The maximum Gasteiger partial charge on any atom is 0.338 e. The average molecular weight is 471 g/mol. The van der Waals surface area contributed by atoms with Gasteiger partial charge in [-0.05, 0) is 79.0 Å². The largest absolute Gasteiger partial charge is 0.462 e. The van der Waals surface area contributed by atoms with Gasteiger partial charge in [0.2, 0.25) is 11.8 Å². The molecule has 178 valence electrons. The molecule has 4 aliphatic carbocycles. The number of carbonyl (C=O) groups excluding carboxylic acids is 4. The first-order valence-corrected chi connectivity index (χ1v) is 12.2. The molecule has 35 heavy (non-hydrogen) atoms. The van der Waals surface area contributed by atoms with Crippen LogP contribution >= 0.6 is 0 Å². The van der Waals surface area contributed by atoms with E-state index in [-0.39, 0.29) is 41.4 Å². The highest BCUT2D eigenvalue weighted by molar-refractivity contribution is 6.23. The van der Waals surface area contributed by atoms with Crippen LogP contribution in [0.4, 0.5) is 11.4 Å². The maximum atomic E-state index is 13.4. The van der Waals surface area contributed by atoms with E-state index >= 15 is 0 Å². The first-order valence-electron chi connectivity index (χ1n) is 12.2. The van der Waals surface area contributed by atoms with E-state index in [0.717, 1.165) is 12.8 Å². The number of nitrogens with zero attached hydrogens (tertiary/aromatic N) is 1. The Kier molecular flexibility index (Phi) is 5.09. The standard InChI is InChI=1S/C28H26N2O5/c1-2-12-35-28(34)15-6-8-17(9-7-15)29-25(31)16-4-3-5-18(13-16)30-26(32)23-19-10-11-20(22-14-21(19)22)24(23)27(30)33/h3-11,13,19-24H,2,12,14H2,1H3,(H,29,31). The number of hydrogen-bond donors (Lipinski definition) is 1. The van der Waals surface area contributed by atoms with Gasteiger partial charge in [-0.25, -0.2) is 9.69 Å². The Morgan fingerprint density at radius 1 is 0.943 bits per heavy atom. The van der Waals surface area contributed by atoms with E-state index < -0.39 is 5.97 Å². The van der Waals surface area contributed by atoms with Crippen molar-refractivity contribution in [2.45, 2.75) is 19.8 Å². The van der Waals surface area contributed by atoms with E-state index in [1.54, 1.807) is 48.5 Å². The number of carbonyl (C=O) groups is 4. The van der Waals surface area contributed by atoms with E-state index in [1.165, 1.54) is 4.90 Å². The maximum absolute atomic E-state index is 13.4. The fourth-order valence-corrected chi connectivity index (χ4v) is 6.17. The van der Waals surface area contributed by atoms with Crippen molar-refractivity contribution < 1.29 is 23.9 Å². The molecule has 1 N–H and O–H groups in total. The summed E-state index contributed by atoms with van der Waals surface area (Å²) in [5.74, 6) is -0.218. The van der Waals surface area contributed by atoms with E-state index in [4.69, 9.17) is 4.74 Å². The molecule has 7 rings (SSSR count). The molecule has 7 nitrogen and oxygen atoms in total. The molecule has 1 saturated heterocycles. The van der Waals surface area contributed by atoms with E-state index in [9.17, 15) is 19.2 Å². The van der Waals surface area contributed by atoms with Crippen molar-refractivity contribution in [1.29, 1.82) is 0 Å². The van der Waals surface area contributed by atoms with Crippen molar-refractivity contribution in [3.63, 3.8) is 0 Å². The zero-order chi connectivity index (χ0) is 24.3. The Balaban J connectivity index is 1.18. The van der Waals surface area contributed by atoms with Crippen LogP contribution in [0.25, 0.3) is 0 Å². The van der Waals surface area contributed by atoms with Crippen LogP contribution in [0.2, 0.25) is 0 Å². The SMILES string of the molecule is CCCOC(=O)c1ccc(NC(=O)c2cccc(N3C(=O)C4C5C=CC(C6CC56)C4C3=O)c2)cc1. The number of ether oxygens (including phenoxy) is 1. The summed E-state index contributed by atoms with van der Waals surface area (Å²) in [6, 6.07) is 13.1. The van der Waals surface area contributed by atoms with Crippen LogP contribution in [0.3, 0.4) is 0 Å². The molecule has 3 fully saturated rings. The Hall–Kier alpha value is -3.74. The van der Waals surface area contributed by atoms with Gasteiger partial charge in [0.1, 0.15) is 0 Å². The number of rotatable bonds is 6. The molecule has 7 heteroatoms. The van der Waals surface area contributed by atoms with E-state index in [2.05, 4.69) is 17.5 Å². The molecule has 5 aliphatic rings. The van der Waals surface area contributed by atoms with Crippen molar-refractivity contribution in [2.75, 3.05) is 16.8 Å². The third-order valence-electron chi connectivity index (χ3n) is 7.85. The Morgan fingerprint density at radius 2 is 1.60 bits per heavy atom. The summed E-state index contributed by atoms with van der Waals surface area (Å²) in [5.41, 5.74) is 1.71. The number of imide groups is 1. The number of anilines is 2. The predicted molar refractivity (Wildman–Crippen MR) is 129 cm³/mol. The number of nitrogens with one attached hydrogen (secondary N) is 1. The van der Waals surface area contributed by atoms with Crippen LogP contribution in [0.15, 0.2) is 60.7 Å². The van der Waals surface area contributed by atoms with Gasteiger partial charge >= 0.3 is 5.97 Å². The second-order valence-corrected chi connectivity index (χ2v) is 9.88. The molecular formula is C28H26N2O5. The predicted octanol–water partition coefficient (Wildman–Crippen LogP) is 4.06. The van der Waals surface area contributed by atoms with Gasteiger partial charge in [0.05, 0.1) is 29.7 Å². The molecule has 0 spiro atoms. The molecule has 2 aromatic carbocycles. The zero-order valence-corrected chi connectivity index (χ0v) is 19.3. The van der Waals surface area contributed by atoms with Gasteiger partial charge in [0.15, 0.2) is 0 Å². The molecule has 2 saturated carbocycles. The highest BCUT2D eigenvalue weighted by Crippen LogP contribution is 2.65. The number of amides is 3. The smallest absolute Gasteiger partial charge is 0.338 e. The van der Waals surface area contributed by atoms with Crippen LogP contribution in [-0.2, 0) is 14.3 Å². The van der Waals surface area contributed by atoms with Gasteiger partial charge in [0.25, 0.3) is 5.91 Å². The summed E-state index contributed by atoms with van der Waals surface area (Å²) in [6.45, 7) is 2.28. The van der Waals surface area contributed by atoms with Crippen LogP contribution < -0.4 is 10.2 Å². The lowest BCUT2D eigenvalue weighted by molar-refractivity contribution is -0.124. The summed E-state index contributed by atoms with van der Waals surface area (Å²) >= 11 is 0. The second kappa shape index (κ2) is 8.18. The quantitative estimate of drug-likeness (QED) is 0.390. The van der Waals surface area contributed by atoms with Gasteiger partial charge in [0, 0.05) is 11.3 Å². The molecule has 2 bridgehead atoms. The summed E-state index contributed by atoms with van der Waals surface area (Å²) in [7, 11) is 0. The Labute approximate surface area is 203 Å². The summed E-state index contributed by atoms with van der Waals surface area (Å²) in [4.78, 5) is 52.9. The van der Waals surface area contributed by atoms with Crippen LogP contribution in [0.1, 0.15) is 40.5 Å². The lowest BCUT2D eigenvalue weighted by Gasteiger charge is -2.37. The summed E-state index contributed by atoms with van der Waals surface area (Å²) in [5, 5.41) is 2.80. The Morgan fingerprint density at radius 3 is 2.23 bits per heavy atom.